The molecule has 0 bridgehead atoms. The van der Waals surface area contributed by atoms with Crippen LogP contribution in [0.2, 0.25) is 0 Å². The number of benzene rings is 1. The number of carboxylic acid groups (broad SMARTS) is 1. The highest BCUT2D eigenvalue weighted by Crippen LogP contribution is 2.26. The molecule has 1 aromatic rings. The van der Waals surface area contributed by atoms with Crippen LogP contribution in [0.15, 0.2) is 24.3 Å². The van der Waals surface area contributed by atoms with E-state index in [9.17, 15) is 14.0 Å². The number of hydrogen-bond acceptors (Lipinski definition) is 2. The zero-order valence-corrected chi connectivity index (χ0v) is 10.7. The zero-order chi connectivity index (χ0) is 14.3. The highest BCUT2D eigenvalue weighted by Gasteiger charge is 2.42. The fourth-order valence-electron chi connectivity index (χ4n) is 2.72. The highest BCUT2D eigenvalue weighted by molar-refractivity contribution is 5.94. The SMILES string of the molecule is O=C(O)N1CCN2C(=O)N(c3ccc(F)cc3)CC2C1. The Morgan fingerprint density at radius 3 is 2.55 bits per heavy atom. The standard InChI is InChI=1S/C13H14FN3O3/c14-9-1-3-10(4-2-9)17-8-11-7-15(13(19)20)5-6-16(11)12(17)18/h1-4,11H,5-8H2,(H,19,20). The number of piperazine rings is 1. The van der Waals surface area contributed by atoms with Crippen molar-refractivity contribution in [3.63, 3.8) is 0 Å². The number of amides is 3. The van der Waals surface area contributed by atoms with Crippen LogP contribution in [0.1, 0.15) is 0 Å². The Hall–Kier alpha value is -2.31. The lowest BCUT2D eigenvalue weighted by atomic mass is 10.2. The molecule has 1 aromatic carbocycles. The van der Waals surface area contributed by atoms with Gasteiger partial charge in [0.05, 0.1) is 6.04 Å². The van der Waals surface area contributed by atoms with E-state index in [0.29, 0.717) is 31.9 Å². The molecule has 106 valence electrons. The first kappa shape index (κ1) is 12.7. The number of anilines is 1. The van der Waals surface area contributed by atoms with Crippen LogP contribution in [0, 0.1) is 5.82 Å². The lowest BCUT2D eigenvalue weighted by Crippen LogP contribution is -2.53. The Kier molecular flexibility index (Phi) is 2.96. The lowest BCUT2D eigenvalue weighted by Gasteiger charge is -2.34. The minimum Gasteiger partial charge on any atom is -0.465 e. The number of carbonyl (C=O) groups excluding carboxylic acids is 1. The molecule has 3 amide bonds. The second kappa shape index (κ2) is 4.66. The van der Waals surface area contributed by atoms with Crippen LogP contribution in [0.5, 0.6) is 0 Å². The van der Waals surface area contributed by atoms with E-state index in [-0.39, 0.29) is 17.9 Å². The molecule has 1 atom stereocenters. The summed E-state index contributed by atoms with van der Waals surface area (Å²) in [5, 5.41) is 9.00. The quantitative estimate of drug-likeness (QED) is 0.845. The number of fused-ring (bicyclic) bond motifs is 1. The Labute approximate surface area is 115 Å². The van der Waals surface area contributed by atoms with Crippen LogP contribution in [-0.2, 0) is 0 Å². The smallest absolute Gasteiger partial charge is 0.407 e. The topological polar surface area (TPSA) is 64.1 Å². The fraction of sp³-hybridized carbons (Fsp3) is 0.385. The molecule has 20 heavy (non-hydrogen) atoms. The molecule has 0 spiro atoms. The van der Waals surface area contributed by atoms with Crippen LogP contribution < -0.4 is 4.90 Å². The van der Waals surface area contributed by atoms with Gasteiger partial charge in [-0.25, -0.2) is 14.0 Å². The van der Waals surface area contributed by atoms with E-state index in [4.69, 9.17) is 5.11 Å². The largest absolute Gasteiger partial charge is 0.465 e. The molecule has 0 radical (unpaired) electrons. The monoisotopic (exact) mass is 279 g/mol. The first-order valence-corrected chi connectivity index (χ1v) is 6.38. The molecule has 2 aliphatic heterocycles. The van der Waals surface area contributed by atoms with E-state index in [2.05, 4.69) is 0 Å². The van der Waals surface area contributed by atoms with Gasteiger partial charge in [-0.15, -0.1) is 0 Å². The zero-order valence-electron chi connectivity index (χ0n) is 10.7. The van der Waals surface area contributed by atoms with Crippen molar-refractivity contribution in [2.24, 2.45) is 0 Å². The fourth-order valence-corrected chi connectivity index (χ4v) is 2.72. The van der Waals surface area contributed by atoms with Crippen LogP contribution in [-0.4, -0.2) is 59.3 Å². The molecule has 3 rings (SSSR count). The third kappa shape index (κ3) is 2.04. The van der Waals surface area contributed by atoms with Crippen LogP contribution in [0.3, 0.4) is 0 Å². The van der Waals surface area contributed by atoms with Gasteiger partial charge < -0.3 is 14.9 Å². The maximum absolute atomic E-state index is 12.9. The predicted molar refractivity (Wildman–Crippen MR) is 69.2 cm³/mol. The Morgan fingerprint density at radius 1 is 1.20 bits per heavy atom. The summed E-state index contributed by atoms with van der Waals surface area (Å²) in [6.07, 6.45) is -0.961. The van der Waals surface area contributed by atoms with Crippen molar-refractivity contribution >= 4 is 17.8 Å². The second-order valence-corrected chi connectivity index (χ2v) is 4.95. The number of hydrogen-bond donors (Lipinski definition) is 1. The highest BCUT2D eigenvalue weighted by atomic mass is 19.1. The molecule has 2 fully saturated rings. The average molecular weight is 279 g/mol. The van der Waals surface area contributed by atoms with Gasteiger partial charge in [0.2, 0.25) is 0 Å². The molecule has 7 heteroatoms. The summed E-state index contributed by atoms with van der Waals surface area (Å²) >= 11 is 0. The van der Waals surface area contributed by atoms with Crippen molar-refractivity contribution in [3.8, 4) is 0 Å². The van der Waals surface area contributed by atoms with Gasteiger partial charge in [0, 0.05) is 31.9 Å². The van der Waals surface area contributed by atoms with Gasteiger partial charge in [0.1, 0.15) is 5.82 Å². The summed E-state index contributed by atoms with van der Waals surface area (Å²) in [6, 6.07) is 5.44. The van der Waals surface area contributed by atoms with Crippen LogP contribution >= 0.6 is 0 Å². The van der Waals surface area contributed by atoms with Crippen LogP contribution in [0.4, 0.5) is 19.7 Å². The summed E-state index contributed by atoms with van der Waals surface area (Å²) in [7, 11) is 0. The van der Waals surface area contributed by atoms with Crippen molar-refractivity contribution in [1.29, 1.82) is 0 Å². The number of halogens is 1. The minimum absolute atomic E-state index is 0.141. The van der Waals surface area contributed by atoms with Gasteiger partial charge in [-0.05, 0) is 24.3 Å². The third-order valence-electron chi connectivity index (χ3n) is 3.76. The molecular formula is C13H14FN3O3. The van der Waals surface area contributed by atoms with Gasteiger partial charge in [-0.2, -0.15) is 0 Å². The van der Waals surface area contributed by atoms with E-state index in [1.165, 1.54) is 17.0 Å². The molecule has 1 unspecified atom stereocenters. The van der Waals surface area contributed by atoms with E-state index in [0.717, 1.165) is 0 Å². The molecule has 6 nitrogen and oxygen atoms in total. The normalized spacial score (nSPS) is 22.1. The molecule has 2 heterocycles. The van der Waals surface area contributed by atoms with E-state index >= 15 is 0 Å². The Morgan fingerprint density at radius 2 is 1.90 bits per heavy atom. The molecule has 2 aliphatic rings. The molecule has 2 saturated heterocycles. The predicted octanol–water partition coefficient (Wildman–Crippen LogP) is 1.43. The molecule has 0 aromatic heterocycles. The van der Waals surface area contributed by atoms with E-state index < -0.39 is 6.09 Å². The van der Waals surface area contributed by atoms with Gasteiger partial charge in [-0.1, -0.05) is 0 Å². The average Bonchev–Trinajstić information content (AvgIpc) is 2.76. The molecular weight excluding hydrogens is 265 g/mol. The van der Waals surface area contributed by atoms with Crippen molar-refractivity contribution in [3.05, 3.63) is 30.1 Å². The summed E-state index contributed by atoms with van der Waals surface area (Å²) in [5.74, 6) is -0.352. The molecule has 0 saturated carbocycles. The summed E-state index contributed by atoms with van der Waals surface area (Å²) in [4.78, 5) is 27.8. The van der Waals surface area contributed by atoms with E-state index in [1.54, 1.807) is 21.9 Å². The maximum atomic E-state index is 12.9. The molecule has 1 N–H and O–H groups in total. The van der Waals surface area contributed by atoms with Gasteiger partial charge in [0.15, 0.2) is 0 Å². The van der Waals surface area contributed by atoms with Gasteiger partial charge in [-0.3, -0.25) is 4.90 Å². The Balaban J connectivity index is 1.79. The first-order chi connectivity index (χ1) is 9.56. The van der Waals surface area contributed by atoms with Gasteiger partial charge >= 0.3 is 12.1 Å². The van der Waals surface area contributed by atoms with Gasteiger partial charge in [0.25, 0.3) is 0 Å². The number of urea groups is 1. The third-order valence-corrected chi connectivity index (χ3v) is 3.76. The van der Waals surface area contributed by atoms with Crippen LogP contribution in [0.25, 0.3) is 0 Å². The van der Waals surface area contributed by atoms with Crippen molar-refractivity contribution in [1.82, 2.24) is 9.80 Å². The minimum atomic E-state index is -0.961. The summed E-state index contributed by atoms with van der Waals surface area (Å²) in [6.45, 7) is 1.47. The first-order valence-electron chi connectivity index (χ1n) is 6.38. The number of carbonyl (C=O) groups is 2. The van der Waals surface area contributed by atoms with Crippen molar-refractivity contribution in [2.45, 2.75) is 6.04 Å². The van der Waals surface area contributed by atoms with Crippen molar-refractivity contribution < 1.29 is 19.1 Å². The second-order valence-electron chi connectivity index (χ2n) is 4.95. The number of nitrogens with zero attached hydrogens (tertiary/aromatic N) is 3. The van der Waals surface area contributed by atoms with Crippen molar-refractivity contribution in [2.75, 3.05) is 31.1 Å². The lowest BCUT2D eigenvalue weighted by molar-refractivity contribution is 0.0997. The Bertz CT molecular complexity index is 548. The molecule has 0 aliphatic carbocycles. The number of rotatable bonds is 1. The maximum Gasteiger partial charge on any atom is 0.407 e. The summed E-state index contributed by atoms with van der Waals surface area (Å²) in [5.41, 5.74) is 0.632. The van der Waals surface area contributed by atoms with E-state index in [1.807, 2.05) is 0 Å². The summed E-state index contributed by atoms with van der Waals surface area (Å²) < 4.78 is 12.9.